The standard InChI is InChI=1S/C15H18N2O3S/c1-15(2,3)14-13(21-17-16-14)12(18)10-8-9(19-4)6-7-11(10)20-5/h6-8H,1-5H3. The van der Waals surface area contributed by atoms with Crippen molar-refractivity contribution < 1.29 is 14.3 Å². The zero-order valence-electron chi connectivity index (χ0n) is 12.8. The summed E-state index contributed by atoms with van der Waals surface area (Å²) < 4.78 is 14.4. The first-order chi connectivity index (χ1) is 9.88. The molecule has 0 aliphatic rings. The predicted octanol–water partition coefficient (Wildman–Crippen LogP) is 3.08. The van der Waals surface area contributed by atoms with Gasteiger partial charge in [-0.3, -0.25) is 4.79 Å². The van der Waals surface area contributed by atoms with Crippen LogP contribution in [0.15, 0.2) is 18.2 Å². The molecule has 6 heteroatoms. The zero-order valence-corrected chi connectivity index (χ0v) is 13.6. The van der Waals surface area contributed by atoms with Crippen molar-refractivity contribution in [2.75, 3.05) is 14.2 Å². The number of benzene rings is 1. The first-order valence-corrected chi connectivity index (χ1v) is 7.25. The Balaban J connectivity index is 2.52. The minimum absolute atomic E-state index is 0.148. The summed E-state index contributed by atoms with van der Waals surface area (Å²) in [4.78, 5) is 13.4. The third-order valence-electron chi connectivity index (χ3n) is 3.06. The number of rotatable bonds is 4. The molecule has 5 nitrogen and oxygen atoms in total. The monoisotopic (exact) mass is 306 g/mol. The molecule has 0 spiro atoms. The van der Waals surface area contributed by atoms with E-state index < -0.39 is 0 Å². The highest BCUT2D eigenvalue weighted by Gasteiger charge is 2.28. The fourth-order valence-electron chi connectivity index (χ4n) is 1.94. The fourth-order valence-corrected chi connectivity index (χ4v) is 2.77. The van der Waals surface area contributed by atoms with Gasteiger partial charge in [-0.15, -0.1) is 5.10 Å². The molecule has 0 radical (unpaired) electrons. The Morgan fingerprint density at radius 1 is 1.19 bits per heavy atom. The molecule has 21 heavy (non-hydrogen) atoms. The van der Waals surface area contributed by atoms with E-state index in [2.05, 4.69) is 9.59 Å². The minimum atomic E-state index is -0.246. The number of carbonyl (C=O) groups is 1. The quantitative estimate of drug-likeness (QED) is 0.812. The summed E-state index contributed by atoms with van der Waals surface area (Å²) in [5.41, 5.74) is 0.903. The van der Waals surface area contributed by atoms with Gasteiger partial charge in [0, 0.05) is 5.41 Å². The third kappa shape index (κ3) is 3.05. The van der Waals surface area contributed by atoms with Crippen molar-refractivity contribution in [3.05, 3.63) is 34.3 Å². The topological polar surface area (TPSA) is 61.3 Å². The Bertz CT molecular complexity index is 659. The van der Waals surface area contributed by atoms with Crippen molar-refractivity contribution >= 4 is 17.3 Å². The summed E-state index contributed by atoms with van der Waals surface area (Å²) >= 11 is 1.10. The van der Waals surface area contributed by atoms with E-state index in [4.69, 9.17) is 9.47 Å². The van der Waals surface area contributed by atoms with Gasteiger partial charge in [0.2, 0.25) is 5.78 Å². The van der Waals surface area contributed by atoms with Crippen molar-refractivity contribution in [2.24, 2.45) is 0 Å². The number of nitrogens with zero attached hydrogens (tertiary/aromatic N) is 2. The Hall–Kier alpha value is -1.95. The smallest absolute Gasteiger partial charge is 0.210 e. The van der Waals surface area contributed by atoms with Gasteiger partial charge in [0.1, 0.15) is 16.4 Å². The number of hydrogen-bond donors (Lipinski definition) is 0. The van der Waals surface area contributed by atoms with E-state index in [9.17, 15) is 4.79 Å². The van der Waals surface area contributed by atoms with Gasteiger partial charge in [-0.05, 0) is 29.7 Å². The molecular weight excluding hydrogens is 288 g/mol. The van der Waals surface area contributed by atoms with Crippen molar-refractivity contribution in [3.63, 3.8) is 0 Å². The normalized spacial score (nSPS) is 11.3. The fraction of sp³-hybridized carbons (Fsp3) is 0.400. The number of carbonyl (C=O) groups excluding carboxylic acids is 1. The lowest BCUT2D eigenvalue weighted by Crippen LogP contribution is -2.17. The number of aromatic nitrogens is 2. The van der Waals surface area contributed by atoms with E-state index in [0.717, 1.165) is 11.5 Å². The Kier molecular flexibility index (Phi) is 4.27. The maximum absolute atomic E-state index is 12.8. The second kappa shape index (κ2) is 5.81. The van der Waals surface area contributed by atoms with Gasteiger partial charge in [0.25, 0.3) is 0 Å². The van der Waals surface area contributed by atoms with E-state index in [1.54, 1.807) is 25.3 Å². The van der Waals surface area contributed by atoms with E-state index in [1.807, 2.05) is 20.8 Å². The van der Waals surface area contributed by atoms with Gasteiger partial charge in [-0.25, -0.2) is 0 Å². The van der Waals surface area contributed by atoms with Crippen LogP contribution in [-0.2, 0) is 5.41 Å². The average molecular weight is 306 g/mol. The maximum atomic E-state index is 12.8. The van der Waals surface area contributed by atoms with E-state index in [1.165, 1.54) is 7.11 Å². The second-order valence-corrected chi connectivity index (χ2v) is 6.35. The summed E-state index contributed by atoms with van der Waals surface area (Å²) in [6.45, 7) is 6.01. The average Bonchev–Trinajstić information content (AvgIpc) is 2.95. The van der Waals surface area contributed by atoms with Crippen LogP contribution in [0.3, 0.4) is 0 Å². The van der Waals surface area contributed by atoms with Crippen LogP contribution in [0.2, 0.25) is 0 Å². The molecule has 0 aliphatic carbocycles. The molecule has 0 atom stereocenters. The molecule has 112 valence electrons. The maximum Gasteiger partial charge on any atom is 0.210 e. The number of ether oxygens (including phenoxy) is 2. The van der Waals surface area contributed by atoms with Crippen LogP contribution in [0.25, 0.3) is 0 Å². The SMILES string of the molecule is COc1ccc(OC)c(C(=O)c2snnc2C(C)(C)C)c1. The van der Waals surface area contributed by atoms with Gasteiger partial charge < -0.3 is 9.47 Å². The molecule has 1 aromatic carbocycles. The third-order valence-corrected chi connectivity index (χ3v) is 3.78. The molecule has 0 N–H and O–H groups in total. The van der Waals surface area contributed by atoms with Crippen molar-refractivity contribution in [3.8, 4) is 11.5 Å². The molecule has 0 saturated heterocycles. The van der Waals surface area contributed by atoms with Gasteiger partial charge in [0.05, 0.1) is 25.5 Å². The predicted molar refractivity (Wildman–Crippen MR) is 81.6 cm³/mol. The molecule has 0 amide bonds. The molecule has 2 rings (SSSR count). The van der Waals surface area contributed by atoms with Crippen molar-refractivity contribution in [1.82, 2.24) is 9.59 Å². The molecular formula is C15H18N2O3S. The zero-order chi connectivity index (χ0) is 15.6. The first-order valence-electron chi connectivity index (χ1n) is 6.48. The van der Waals surface area contributed by atoms with Crippen molar-refractivity contribution in [2.45, 2.75) is 26.2 Å². The van der Waals surface area contributed by atoms with Crippen LogP contribution in [0.1, 0.15) is 41.7 Å². The molecule has 0 unspecified atom stereocenters. The lowest BCUT2D eigenvalue weighted by Gasteiger charge is -2.16. The molecule has 0 saturated carbocycles. The highest BCUT2D eigenvalue weighted by Crippen LogP contribution is 2.31. The van der Waals surface area contributed by atoms with Crippen LogP contribution in [-0.4, -0.2) is 29.6 Å². The summed E-state index contributed by atoms with van der Waals surface area (Å²) in [5.74, 6) is 0.966. The lowest BCUT2D eigenvalue weighted by atomic mass is 9.90. The highest BCUT2D eigenvalue weighted by molar-refractivity contribution is 7.08. The van der Waals surface area contributed by atoms with Crippen molar-refractivity contribution in [1.29, 1.82) is 0 Å². The first kappa shape index (κ1) is 15.4. The van der Waals surface area contributed by atoms with E-state index in [-0.39, 0.29) is 11.2 Å². The van der Waals surface area contributed by atoms with Crippen LogP contribution >= 0.6 is 11.5 Å². The second-order valence-electron chi connectivity index (χ2n) is 5.60. The Morgan fingerprint density at radius 2 is 1.90 bits per heavy atom. The largest absolute Gasteiger partial charge is 0.497 e. The number of methoxy groups -OCH3 is 2. The summed E-state index contributed by atoms with van der Waals surface area (Å²) in [6.07, 6.45) is 0. The van der Waals surface area contributed by atoms with Gasteiger partial charge >= 0.3 is 0 Å². The summed E-state index contributed by atoms with van der Waals surface area (Å²) in [6, 6.07) is 5.15. The number of hydrogen-bond acceptors (Lipinski definition) is 6. The molecule has 0 bridgehead atoms. The lowest BCUT2D eigenvalue weighted by molar-refractivity contribution is 0.103. The van der Waals surface area contributed by atoms with Gasteiger partial charge in [-0.2, -0.15) is 0 Å². The molecule has 0 aliphatic heterocycles. The minimum Gasteiger partial charge on any atom is -0.497 e. The summed E-state index contributed by atoms with van der Waals surface area (Å²) in [7, 11) is 3.10. The number of ketones is 1. The summed E-state index contributed by atoms with van der Waals surface area (Å²) in [5, 5.41) is 4.11. The van der Waals surface area contributed by atoms with Crippen LogP contribution in [0, 0.1) is 0 Å². The van der Waals surface area contributed by atoms with Crippen LogP contribution < -0.4 is 9.47 Å². The van der Waals surface area contributed by atoms with Crippen LogP contribution in [0.4, 0.5) is 0 Å². The Morgan fingerprint density at radius 3 is 2.48 bits per heavy atom. The highest BCUT2D eigenvalue weighted by atomic mass is 32.1. The van der Waals surface area contributed by atoms with E-state index >= 15 is 0 Å². The molecule has 1 heterocycles. The van der Waals surface area contributed by atoms with Gasteiger partial charge in [0.15, 0.2) is 0 Å². The molecule has 2 aromatic rings. The Labute approximate surface area is 128 Å². The molecule has 1 aromatic heterocycles. The van der Waals surface area contributed by atoms with Gasteiger partial charge in [-0.1, -0.05) is 25.3 Å². The van der Waals surface area contributed by atoms with E-state index in [0.29, 0.717) is 27.6 Å². The van der Waals surface area contributed by atoms with Crippen LogP contribution in [0.5, 0.6) is 11.5 Å². The molecule has 0 fully saturated rings.